The Hall–Kier alpha value is -1.30. The summed E-state index contributed by atoms with van der Waals surface area (Å²) >= 11 is 0. The highest BCUT2D eigenvalue weighted by Gasteiger charge is 2.18. The van der Waals surface area contributed by atoms with Crippen molar-refractivity contribution in [1.29, 1.82) is 0 Å². The minimum Gasteiger partial charge on any atom is -0.357 e. The zero-order valence-electron chi connectivity index (χ0n) is 15.6. The molecule has 6 heteroatoms. The molecular formula is C17H35N5O. The molecule has 1 unspecified atom stereocenters. The van der Waals surface area contributed by atoms with E-state index in [2.05, 4.69) is 24.2 Å². The summed E-state index contributed by atoms with van der Waals surface area (Å²) in [6.07, 6.45) is 2.50. The third-order valence-corrected chi connectivity index (χ3v) is 4.41. The van der Waals surface area contributed by atoms with Crippen molar-refractivity contribution in [3.63, 3.8) is 0 Å². The molecule has 1 heterocycles. The van der Waals surface area contributed by atoms with E-state index < -0.39 is 0 Å². The average molecular weight is 326 g/mol. The summed E-state index contributed by atoms with van der Waals surface area (Å²) in [5.41, 5.74) is 0. The molecule has 0 aromatic rings. The Morgan fingerprint density at radius 3 is 2.57 bits per heavy atom. The molecule has 1 aliphatic rings. The predicted molar refractivity (Wildman–Crippen MR) is 96.8 cm³/mol. The van der Waals surface area contributed by atoms with Crippen molar-refractivity contribution in [3.05, 3.63) is 0 Å². The zero-order chi connectivity index (χ0) is 17.2. The number of hydrogen-bond acceptors (Lipinski definition) is 3. The van der Waals surface area contributed by atoms with E-state index in [1.807, 2.05) is 30.7 Å². The quantitative estimate of drug-likeness (QED) is 0.562. The van der Waals surface area contributed by atoms with Gasteiger partial charge in [0.25, 0.3) is 0 Å². The molecule has 6 nitrogen and oxygen atoms in total. The highest BCUT2D eigenvalue weighted by Crippen LogP contribution is 2.15. The van der Waals surface area contributed by atoms with Crippen LogP contribution in [-0.2, 0) is 4.79 Å². The summed E-state index contributed by atoms with van der Waals surface area (Å²) in [7, 11) is 4.12. The molecule has 1 saturated heterocycles. The van der Waals surface area contributed by atoms with Crippen molar-refractivity contribution in [2.75, 3.05) is 59.9 Å². The van der Waals surface area contributed by atoms with E-state index >= 15 is 0 Å². The van der Waals surface area contributed by atoms with Crippen molar-refractivity contribution in [2.45, 2.75) is 33.6 Å². The van der Waals surface area contributed by atoms with Gasteiger partial charge in [-0.05, 0) is 53.1 Å². The molecule has 0 spiro atoms. The Bertz CT molecular complexity index is 381. The molecule has 1 amide bonds. The van der Waals surface area contributed by atoms with Gasteiger partial charge in [0.15, 0.2) is 5.96 Å². The molecule has 0 aromatic heterocycles. The van der Waals surface area contributed by atoms with Crippen LogP contribution in [0.1, 0.15) is 33.6 Å². The first-order chi connectivity index (χ1) is 11.0. The normalized spacial score (nSPS) is 19.5. The number of nitrogens with zero attached hydrogens (tertiary/aromatic N) is 4. The van der Waals surface area contributed by atoms with Crippen LogP contribution in [0, 0.1) is 5.92 Å². The number of rotatable bonds is 7. The third kappa shape index (κ3) is 6.77. The Kier molecular flexibility index (Phi) is 8.99. The number of carbonyl (C=O) groups excluding carboxylic acids is 1. The van der Waals surface area contributed by atoms with Gasteiger partial charge in [0, 0.05) is 39.8 Å². The minimum absolute atomic E-state index is 0.153. The average Bonchev–Trinajstić information content (AvgIpc) is 2.52. The number of guanidine groups is 1. The lowest BCUT2D eigenvalue weighted by molar-refractivity contribution is -0.131. The monoisotopic (exact) mass is 325 g/mol. The van der Waals surface area contributed by atoms with Gasteiger partial charge in [-0.15, -0.1) is 0 Å². The SMILES string of the molecule is CCNC(=NCC1CCCN(C)C1)N(C)CC(=O)N(CC)CC. The highest BCUT2D eigenvalue weighted by molar-refractivity contribution is 5.86. The van der Waals surface area contributed by atoms with Gasteiger partial charge in [-0.1, -0.05) is 0 Å². The standard InChI is InChI=1S/C17H35N5O/c1-6-18-17(19-12-15-10-9-11-20(4)13-15)21(5)14-16(23)22(7-2)8-3/h15H,6-14H2,1-5H3,(H,18,19). The van der Waals surface area contributed by atoms with Crippen LogP contribution in [0.4, 0.5) is 0 Å². The molecule has 1 rings (SSSR count). The fourth-order valence-corrected chi connectivity index (χ4v) is 3.06. The summed E-state index contributed by atoms with van der Waals surface area (Å²) in [6.45, 7) is 11.9. The Morgan fingerprint density at radius 1 is 1.30 bits per heavy atom. The van der Waals surface area contributed by atoms with Gasteiger partial charge >= 0.3 is 0 Å². The molecule has 1 aliphatic heterocycles. The third-order valence-electron chi connectivity index (χ3n) is 4.41. The lowest BCUT2D eigenvalue weighted by Gasteiger charge is -2.29. The number of nitrogens with one attached hydrogen (secondary N) is 1. The molecule has 0 bridgehead atoms. The predicted octanol–water partition coefficient (Wildman–Crippen LogP) is 1.09. The topological polar surface area (TPSA) is 51.2 Å². The number of carbonyl (C=O) groups is 1. The molecule has 23 heavy (non-hydrogen) atoms. The van der Waals surface area contributed by atoms with Gasteiger partial charge in [-0.2, -0.15) is 0 Å². The van der Waals surface area contributed by atoms with Crippen molar-refractivity contribution in [1.82, 2.24) is 20.0 Å². The van der Waals surface area contributed by atoms with Crippen LogP contribution in [0.5, 0.6) is 0 Å². The van der Waals surface area contributed by atoms with Gasteiger partial charge in [0.2, 0.25) is 5.91 Å². The van der Waals surface area contributed by atoms with Crippen molar-refractivity contribution >= 4 is 11.9 Å². The largest absolute Gasteiger partial charge is 0.357 e. The maximum absolute atomic E-state index is 12.3. The number of likely N-dealkylation sites (N-methyl/N-ethyl adjacent to an activating group) is 2. The van der Waals surface area contributed by atoms with Gasteiger partial charge < -0.3 is 20.0 Å². The van der Waals surface area contributed by atoms with E-state index in [0.29, 0.717) is 12.5 Å². The Morgan fingerprint density at radius 2 is 2.00 bits per heavy atom. The smallest absolute Gasteiger partial charge is 0.242 e. The first-order valence-electron chi connectivity index (χ1n) is 8.97. The highest BCUT2D eigenvalue weighted by atomic mass is 16.2. The van der Waals surface area contributed by atoms with Gasteiger partial charge in [-0.3, -0.25) is 9.79 Å². The molecule has 0 aliphatic carbocycles. The molecule has 0 radical (unpaired) electrons. The second kappa shape index (κ2) is 10.5. The summed E-state index contributed by atoms with van der Waals surface area (Å²) in [6, 6.07) is 0. The van der Waals surface area contributed by atoms with Crippen LogP contribution in [0.15, 0.2) is 4.99 Å². The van der Waals surface area contributed by atoms with E-state index in [4.69, 9.17) is 4.99 Å². The fraction of sp³-hybridized carbons (Fsp3) is 0.882. The molecule has 134 valence electrons. The van der Waals surface area contributed by atoms with Crippen LogP contribution in [0.3, 0.4) is 0 Å². The second-order valence-electron chi connectivity index (χ2n) is 6.39. The van der Waals surface area contributed by atoms with Gasteiger partial charge in [0.05, 0.1) is 6.54 Å². The Balaban J connectivity index is 2.60. The lowest BCUT2D eigenvalue weighted by Crippen LogP contribution is -2.46. The van der Waals surface area contributed by atoms with Crippen LogP contribution in [0.25, 0.3) is 0 Å². The number of aliphatic imine (C=N–C) groups is 1. The molecule has 1 fully saturated rings. The summed E-state index contributed by atoms with van der Waals surface area (Å²) in [5.74, 6) is 1.61. The van der Waals surface area contributed by atoms with Gasteiger partial charge in [-0.25, -0.2) is 0 Å². The van der Waals surface area contributed by atoms with Crippen molar-refractivity contribution in [3.8, 4) is 0 Å². The van der Waals surface area contributed by atoms with Crippen LogP contribution < -0.4 is 5.32 Å². The summed E-state index contributed by atoms with van der Waals surface area (Å²) in [4.78, 5) is 23.2. The first-order valence-corrected chi connectivity index (χ1v) is 8.97. The first kappa shape index (κ1) is 19.7. The van der Waals surface area contributed by atoms with Crippen LogP contribution in [-0.4, -0.2) is 86.5 Å². The van der Waals surface area contributed by atoms with E-state index in [-0.39, 0.29) is 5.91 Å². The van der Waals surface area contributed by atoms with Crippen LogP contribution in [0.2, 0.25) is 0 Å². The minimum atomic E-state index is 0.153. The summed E-state index contributed by atoms with van der Waals surface area (Å²) < 4.78 is 0. The molecule has 1 atom stereocenters. The van der Waals surface area contributed by atoms with E-state index in [1.54, 1.807) is 0 Å². The maximum atomic E-state index is 12.3. The zero-order valence-corrected chi connectivity index (χ0v) is 15.6. The molecular weight excluding hydrogens is 290 g/mol. The fourth-order valence-electron chi connectivity index (χ4n) is 3.06. The van der Waals surface area contributed by atoms with E-state index in [0.717, 1.165) is 38.7 Å². The van der Waals surface area contributed by atoms with E-state index in [9.17, 15) is 4.79 Å². The summed E-state index contributed by atoms with van der Waals surface area (Å²) in [5, 5.41) is 3.31. The van der Waals surface area contributed by atoms with Crippen molar-refractivity contribution < 1.29 is 4.79 Å². The number of amides is 1. The molecule has 0 aromatic carbocycles. The second-order valence-corrected chi connectivity index (χ2v) is 6.39. The van der Waals surface area contributed by atoms with E-state index in [1.165, 1.54) is 19.4 Å². The van der Waals surface area contributed by atoms with Crippen LogP contribution >= 0.6 is 0 Å². The number of likely N-dealkylation sites (tertiary alicyclic amines) is 1. The molecule has 0 saturated carbocycles. The maximum Gasteiger partial charge on any atom is 0.242 e. The number of piperidine rings is 1. The van der Waals surface area contributed by atoms with Gasteiger partial charge in [0.1, 0.15) is 0 Å². The Labute approximate surface area is 141 Å². The van der Waals surface area contributed by atoms with Crippen molar-refractivity contribution in [2.24, 2.45) is 10.9 Å². The lowest BCUT2D eigenvalue weighted by atomic mass is 9.99. The number of hydrogen-bond donors (Lipinski definition) is 1. The molecule has 1 N–H and O–H groups in total.